The second-order valence-electron chi connectivity index (χ2n) is 12.2. The van der Waals surface area contributed by atoms with Crippen molar-refractivity contribution in [2.24, 2.45) is 0 Å². The molecule has 0 amide bonds. The van der Waals surface area contributed by atoms with Gasteiger partial charge in [0.25, 0.3) is 0 Å². The number of hydrogen-bond acceptors (Lipinski definition) is 8. The Morgan fingerprint density at radius 2 is 1.12 bits per heavy atom. The highest BCUT2D eigenvalue weighted by Gasteiger charge is 2.26. The van der Waals surface area contributed by atoms with E-state index in [0.717, 1.165) is 51.4 Å². The third kappa shape index (κ3) is 35.8. The van der Waals surface area contributed by atoms with Crippen LogP contribution in [0.3, 0.4) is 0 Å². The maximum Gasteiger partial charge on any atom is 0.472 e. The fraction of sp³-hybridized carbons (Fsp3) is 0.718. The van der Waals surface area contributed by atoms with Gasteiger partial charge in [-0.3, -0.25) is 13.8 Å². The largest absolute Gasteiger partial charge is 0.472 e. The summed E-state index contributed by atoms with van der Waals surface area (Å²) >= 11 is 0. The van der Waals surface area contributed by atoms with Crippen molar-refractivity contribution in [2.45, 2.75) is 148 Å². The first-order chi connectivity index (χ1) is 23.8. The van der Waals surface area contributed by atoms with Crippen molar-refractivity contribution in [3.63, 3.8) is 0 Å². The molecular weight excluding hydrogens is 643 g/mol. The SMILES string of the molecule is CC/C=C\C/C=C\C/C=C\C/C=C\C/C=C\CCOCC(COP(=O)(O)OCC(O)CO)OC(=O)CCCCCCCCCCCCCC. The molecule has 0 heterocycles. The van der Waals surface area contributed by atoms with Gasteiger partial charge in [0.1, 0.15) is 12.2 Å². The van der Waals surface area contributed by atoms with E-state index in [2.05, 4.69) is 68.5 Å². The standard InChI is InChI=1S/C39H69O9P/c1-3-5-7-9-11-13-15-17-18-19-20-22-24-26-28-30-32-45-35-38(36-47-49(43,44)46-34-37(41)33-40)48-39(42)31-29-27-25-23-21-16-14-12-10-8-6-4-2/h5,7,11,13,17-18,20,22,26,28,37-38,40-41H,3-4,6,8-10,12,14-16,19,21,23-25,27,29-36H2,1-2H3,(H,43,44)/b7-5-,13-11-,18-17-,22-20-,28-26-. The second-order valence-corrected chi connectivity index (χ2v) is 13.7. The first kappa shape index (κ1) is 47.2. The zero-order chi connectivity index (χ0) is 36.1. The van der Waals surface area contributed by atoms with Crippen LogP contribution in [-0.4, -0.2) is 66.3 Å². The number of unbranched alkanes of at least 4 members (excludes halogenated alkanes) is 11. The number of carbonyl (C=O) groups excluding carboxylic acids is 1. The first-order valence-electron chi connectivity index (χ1n) is 18.8. The monoisotopic (exact) mass is 712 g/mol. The molecule has 0 aliphatic carbocycles. The van der Waals surface area contributed by atoms with Crippen LogP contribution >= 0.6 is 7.82 Å². The molecule has 0 aromatic rings. The summed E-state index contributed by atoms with van der Waals surface area (Å²) in [5.41, 5.74) is 0. The Kier molecular flexibility index (Phi) is 34.6. The minimum absolute atomic E-state index is 0.00580. The predicted molar refractivity (Wildman–Crippen MR) is 200 cm³/mol. The van der Waals surface area contributed by atoms with Crippen LogP contribution in [0.2, 0.25) is 0 Å². The van der Waals surface area contributed by atoms with Crippen LogP contribution in [0.15, 0.2) is 60.8 Å². The van der Waals surface area contributed by atoms with Gasteiger partial charge in [-0.05, 0) is 44.9 Å². The number of carbonyl (C=O) groups is 1. The van der Waals surface area contributed by atoms with E-state index >= 15 is 0 Å². The lowest BCUT2D eigenvalue weighted by atomic mass is 10.0. The molecule has 0 saturated heterocycles. The van der Waals surface area contributed by atoms with Crippen LogP contribution in [0.1, 0.15) is 136 Å². The van der Waals surface area contributed by atoms with Gasteiger partial charge in [0.2, 0.25) is 0 Å². The fourth-order valence-electron chi connectivity index (χ4n) is 4.65. The summed E-state index contributed by atoms with van der Waals surface area (Å²) in [6.07, 6.45) is 39.2. The molecule has 0 spiro atoms. The van der Waals surface area contributed by atoms with E-state index in [9.17, 15) is 19.4 Å². The van der Waals surface area contributed by atoms with E-state index < -0.39 is 45.8 Å². The van der Waals surface area contributed by atoms with Crippen molar-refractivity contribution in [1.29, 1.82) is 0 Å². The Hall–Kier alpha value is -1.84. The van der Waals surface area contributed by atoms with Crippen molar-refractivity contribution < 1.29 is 43.0 Å². The quantitative estimate of drug-likeness (QED) is 0.0254. The van der Waals surface area contributed by atoms with Gasteiger partial charge in [0.15, 0.2) is 0 Å². The van der Waals surface area contributed by atoms with E-state index in [1.807, 2.05) is 6.08 Å². The van der Waals surface area contributed by atoms with Crippen molar-refractivity contribution >= 4 is 13.8 Å². The van der Waals surface area contributed by atoms with Crippen molar-refractivity contribution in [1.82, 2.24) is 0 Å². The molecule has 10 heteroatoms. The summed E-state index contributed by atoms with van der Waals surface area (Å²) in [4.78, 5) is 22.4. The third-order valence-corrected chi connectivity index (χ3v) is 8.44. The van der Waals surface area contributed by atoms with Crippen molar-refractivity contribution in [3.8, 4) is 0 Å². The molecule has 0 aliphatic rings. The maximum atomic E-state index is 12.5. The lowest BCUT2D eigenvalue weighted by Gasteiger charge is -2.20. The predicted octanol–water partition coefficient (Wildman–Crippen LogP) is 9.63. The molecule has 0 aromatic carbocycles. The Bertz CT molecular complexity index is 945. The second kappa shape index (κ2) is 36.0. The molecule has 0 saturated carbocycles. The smallest absolute Gasteiger partial charge is 0.457 e. The van der Waals surface area contributed by atoms with E-state index in [0.29, 0.717) is 13.0 Å². The molecule has 49 heavy (non-hydrogen) atoms. The highest BCUT2D eigenvalue weighted by Crippen LogP contribution is 2.43. The Morgan fingerprint density at radius 3 is 1.63 bits per heavy atom. The van der Waals surface area contributed by atoms with Gasteiger partial charge in [-0.25, -0.2) is 4.57 Å². The van der Waals surface area contributed by atoms with Gasteiger partial charge >= 0.3 is 13.8 Å². The number of hydrogen-bond donors (Lipinski definition) is 3. The fourth-order valence-corrected chi connectivity index (χ4v) is 5.44. The summed E-state index contributed by atoms with van der Waals surface area (Å²) < 4.78 is 33.1. The molecule has 3 atom stereocenters. The van der Waals surface area contributed by atoms with E-state index in [1.165, 1.54) is 57.8 Å². The molecule has 0 fully saturated rings. The van der Waals surface area contributed by atoms with Gasteiger partial charge in [-0.15, -0.1) is 0 Å². The van der Waals surface area contributed by atoms with Gasteiger partial charge in [-0.2, -0.15) is 0 Å². The van der Waals surface area contributed by atoms with Crippen molar-refractivity contribution in [3.05, 3.63) is 60.8 Å². The minimum Gasteiger partial charge on any atom is -0.457 e. The molecule has 0 rings (SSSR count). The number of phosphoric acid groups is 1. The minimum atomic E-state index is -4.53. The Morgan fingerprint density at radius 1 is 0.653 bits per heavy atom. The summed E-state index contributed by atoms with van der Waals surface area (Å²) in [5.74, 6) is -0.411. The van der Waals surface area contributed by atoms with Gasteiger partial charge in [0, 0.05) is 6.42 Å². The highest BCUT2D eigenvalue weighted by atomic mass is 31.2. The molecule has 0 radical (unpaired) electrons. The lowest BCUT2D eigenvalue weighted by Crippen LogP contribution is -2.29. The third-order valence-electron chi connectivity index (χ3n) is 7.49. The van der Waals surface area contributed by atoms with E-state index in [1.54, 1.807) is 0 Å². The zero-order valence-electron chi connectivity index (χ0n) is 30.6. The number of ether oxygens (including phenoxy) is 2. The summed E-state index contributed by atoms with van der Waals surface area (Å²) in [5, 5.41) is 18.3. The van der Waals surface area contributed by atoms with Crippen molar-refractivity contribution in [2.75, 3.05) is 33.0 Å². The maximum absolute atomic E-state index is 12.5. The molecular formula is C39H69O9P. The first-order valence-corrected chi connectivity index (χ1v) is 20.3. The number of esters is 1. The molecule has 9 nitrogen and oxygen atoms in total. The van der Waals surface area contributed by atoms with Crippen LogP contribution in [-0.2, 0) is 27.9 Å². The Labute approximate surface area is 298 Å². The van der Waals surface area contributed by atoms with Gasteiger partial charge < -0.3 is 24.6 Å². The molecule has 0 aliphatic heterocycles. The van der Waals surface area contributed by atoms with Crippen LogP contribution in [0.4, 0.5) is 0 Å². The van der Waals surface area contributed by atoms with Gasteiger partial charge in [0.05, 0.1) is 33.0 Å². The highest BCUT2D eigenvalue weighted by molar-refractivity contribution is 7.47. The molecule has 0 bridgehead atoms. The number of aliphatic hydroxyl groups excluding tert-OH is 2. The molecule has 3 N–H and O–H groups in total. The van der Waals surface area contributed by atoms with Gasteiger partial charge in [-0.1, -0.05) is 145 Å². The average Bonchev–Trinajstić information content (AvgIpc) is 3.09. The number of aliphatic hydroxyl groups is 2. The van der Waals surface area contributed by atoms with Crippen LogP contribution in [0.5, 0.6) is 0 Å². The summed E-state index contributed by atoms with van der Waals surface area (Å²) in [6.45, 7) is 3.15. The van der Waals surface area contributed by atoms with Crippen LogP contribution < -0.4 is 0 Å². The molecule has 0 aromatic heterocycles. The normalized spacial score (nSPS) is 15.0. The zero-order valence-corrected chi connectivity index (χ0v) is 31.5. The molecule has 3 unspecified atom stereocenters. The average molecular weight is 713 g/mol. The number of rotatable bonds is 35. The number of phosphoric ester groups is 1. The topological polar surface area (TPSA) is 132 Å². The van der Waals surface area contributed by atoms with E-state index in [-0.39, 0.29) is 13.0 Å². The van der Waals surface area contributed by atoms with Crippen LogP contribution in [0.25, 0.3) is 0 Å². The summed E-state index contributed by atoms with van der Waals surface area (Å²) in [7, 11) is -4.53. The Balaban J connectivity index is 4.38. The lowest BCUT2D eigenvalue weighted by molar-refractivity contribution is -0.154. The number of allylic oxidation sites excluding steroid dienone is 9. The molecule has 284 valence electrons. The van der Waals surface area contributed by atoms with Crippen LogP contribution in [0, 0.1) is 0 Å². The van der Waals surface area contributed by atoms with E-state index in [4.69, 9.17) is 23.6 Å². The summed E-state index contributed by atoms with van der Waals surface area (Å²) in [6, 6.07) is 0.